The Labute approximate surface area is 73.4 Å². The van der Waals surface area contributed by atoms with Gasteiger partial charge in [-0.2, -0.15) is 0 Å². The average Bonchev–Trinajstić information content (AvgIpc) is 2.05. The average molecular weight is 188 g/mol. The number of carbonyl (C=O) groups excluding carboxylic acids is 3. The van der Waals surface area contributed by atoms with Crippen LogP contribution in [-0.4, -0.2) is 37.9 Å². The van der Waals surface area contributed by atoms with Crippen molar-refractivity contribution in [3.05, 3.63) is 0 Å². The molecule has 13 heavy (non-hydrogen) atoms. The summed E-state index contributed by atoms with van der Waals surface area (Å²) in [5, 5.41) is 3.69. The molecule has 1 heterocycles. The molecule has 1 saturated heterocycles. The third kappa shape index (κ3) is 1.27. The van der Waals surface area contributed by atoms with Crippen LogP contribution >= 0.6 is 0 Å². The molecule has 0 aliphatic carbocycles. The van der Waals surface area contributed by atoms with Crippen LogP contribution < -0.4 is 10.6 Å². The van der Waals surface area contributed by atoms with Crippen LogP contribution in [0.1, 0.15) is 0 Å². The lowest BCUT2D eigenvalue weighted by atomic mass is 10.2. The normalized spacial score (nSPS) is 20.9. The highest BCUT2D eigenvalue weighted by Crippen LogP contribution is 2.14. The summed E-state index contributed by atoms with van der Waals surface area (Å²) in [7, 11) is 2.25. The molecular formula is C6H8N2O5. The van der Waals surface area contributed by atoms with Gasteiger partial charge < -0.3 is 9.47 Å². The van der Waals surface area contributed by atoms with Crippen LogP contribution in [0.4, 0.5) is 4.79 Å². The van der Waals surface area contributed by atoms with Crippen LogP contribution in [0.5, 0.6) is 0 Å². The van der Waals surface area contributed by atoms with E-state index in [9.17, 15) is 14.4 Å². The minimum atomic E-state index is -2.06. The van der Waals surface area contributed by atoms with Crippen molar-refractivity contribution in [2.45, 2.75) is 5.79 Å². The van der Waals surface area contributed by atoms with Crippen molar-refractivity contribution in [1.82, 2.24) is 10.6 Å². The number of hydrogen-bond acceptors (Lipinski definition) is 5. The van der Waals surface area contributed by atoms with E-state index in [0.717, 1.165) is 14.2 Å². The number of rotatable bonds is 2. The Morgan fingerprint density at radius 1 is 1.00 bits per heavy atom. The summed E-state index contributed by atoms with van der Waals surface area (Å²) >= 11 is 0. The maximum atomic E-state index is 11.2. The first-order valence-corrected chi connectivity index (χ1v) is 3.34. The van der Waals surface area contributed by atoms with E-state index in [1.807, 2.05) is 10.6 Å². The summed E-state index contributed by atoms with van der Waals surface area (Å²) in [6.07, 6.45) is 0. The van der Waals surface area contributed by atoms with Crippen molar-refractivity contribution in [3.63, 3.8) is 0 Å². The van der Waals surface area contributed by atoms with Gasteiger partial charge in [-0.05, 0) is 0 Å². The molecule has 0 spiro atoms. The molecule has 0 aromatic rings. The number of urea groups is 1. The third-order valence-electron chi connectivity index (χ3n) is 1.63. The molecule has 7 nitrogen and oxygen atoms in total. The monoisotopic (exact) mass is 188 g/mol. The lowest BCUT2D eigenvalue weighted by molar-refractivity contribution is -0.211. The van der Waals surface area contributed by atoms with E-state index in [1.165, 1.54) is 0 Å². The van der Waals surface area contributed by atoms with Gasteiger partial charge in [-0.1, -0.05) is 0 Å². The molecule has 1 aliphatic rings. The Bertz CT molecular complexity index is 248. The van der Waals surface area contributed by atoms with Crippen molar-refractivity contribution in [3.8, 4) is 0 Å². The van der Waals surface area contributed by atoms with Crippen molar-refractivity contribution in [2.24, 2.45) is 0 Å². The molecule has 1 aliphatic heterocycles. The molecule has 0 aromatic carbocycles. The van der Waals surface area contributed by atoms with E-state index in [1.54, 1.807) is 0 Å². The lowest BCUT2D eigenvalue weighted by Crippen LogP contribution is -2.68. The molecule has 0 atom stereocenters. The summed E-state index contributed by atoms with van der Waals surface area (Å²) in [5.41, 5.74) is 0. The van der Waals surface area contributed by atoms with Crippen molar-refractivity contribution >= 4 is 17.8 Å². The summed E-state index contributed by atoms with van der Waals surface area (Å²) in [6, 6.07) is -0.889. The molecule has 7 heteroatoms. The van der Waals surface area contributed by atoms with Gasteiger partial charge >= 0.3 is 11.8 Å². The van der Waals surface area contributed by atoms with Gasteiger partial charge in [-0.3, -0.25) is 20.2 Å². The van der Waals surface area contributed by atoms with Crippen LogP contribution in [0.3, 0.4) is 0 Å². The Hall–Kier alpha value is -1.47. The topological polar surface area (TPSA) is 93.7 Å². The van der Waals surface area contributed by atoms with E-state index < -0.39 is 23.6 Å². The molecular weight excluding hydrogens is 180 g/mol. The van der Waals surface area contributed by atoms with E-state index in [-0.39, 0.29) is 0 Å². The molecule has 1 fully saturated rings. The summed E-state index contributed by atoms with van der Waals surface area (Å²) in [4.78, 5) is 32.9. The Morgan fingerprint density at radius 3 is 1.69 bits per heavy atom. The first kappa shape index (κ1) is 9.62. The zero-order valence-corrected chi connectivity index (χ0v) is 7.04. The number of carbonyl (C=O) groups is 3. The maximum Gasteiger partial charge on any atom is 0.332 e. The van der Waals surface area contributed by atoms with Crippen LogP contribution in [0.25, 0.3) is 0 Å². The van der Waals surface area contributed by atoms with Crippen LogP contribution in [0, 0.1) is 0 Å². The first-order valence-electron chi connectivity index (χ1n) is 3.34. The zero-order valence-electron chi connectivity index (χ0n) is 7.04. The fourth-order valence-electron chi connectivity index (χ4n) is 0.959. The van der Waals surface area contributed by atoms with E-state index in [4.69, 9.17) is 0 Å². The van der Waals surface area contributed by atoms with Gasteiger partial charge in [0.25, 0.3) is 11.8 Å². The molecule has 0 saturated carbocycles. The van der Waals surface area contributed by atoms with Gasteiger partial charge in [0.2, 0.25) is 0 Å². The Morgan fingerprint density at radius 2 is 1.38 bits per heavy atom. The second-order valence-electron chi connectivity index (χ2n) is 2.26. The number of nitrogens with one attached hydrogen (secondary N) is 2. The lowest BCUT2D eigenvalue weighted by Gasteiger charge is -2.30. The molecule has 72 valence electrons. The Kier molecular flexibility index (Phi) is 2.30. The fraction of sp³-hybridized carbons (Fsp3) is 0.500. The largest absolute Gasteiger partial charge is 0.338 e. The summed E-state index contributed by atoms with van der Waals surface area (Å²) in [6.45, 7) is 0. The minimum absolute atomic E-state index is 0.889. The Balaban J connectivity index is 3.01. The van der Waals surface area contributed by atoms with Gasteiger partial charge in [0, 0.05) is 14.2 Å². The first-order chi connectivity index (χ1) is 6.06. The smallest absolute Gasteiger partial charge is 0.332 e. The third-order valence-corrected chi connectivity index (χ3v) is 1.63. The van der Waals surface area contributed by atoms with Gasteiger partial charge in [-0.25, -0.2) is 4.79 Å². The summed E-state index contributed by atoms with van der Waals surface area (Å²) in [5.74, 6) is -3.94. The molecule has 2 N–H and O–H groups in total. The van der Waals surface area contributed by atoms with Gasteiger partial charge in [0.1, 0.15) is 0 Å². The predicted octanol–water partition coefficient (Wildman–Crippen LogP) is -1.66. The molecule has 0 aromatic heterocycles. The van der Waals surface area contributed by atoms with Crippen molar-refractivity contribution < 1.29 is 23.9 Å². The molecule has 1 rings (SSSR count). The second kappa shape index (κ2) is 3.11. The van der Waals surface area contributed by atoms with Gasteiger partial charge in [-0.15, -0.1) is 0 Å². The van der Waals surface area contributed by atoms with Crippen LogP contribution in [0.2, 0.25) is 0 Å². The molecule has 4 amide bonds. The van der Waals surface area contributed by atoms with Gasteiger partial charge in [0.15, 0.2) is 0 Å². The number of ether oxygens (including phenoxy) is 2. The number of imide groups is 2. The fourth-order valence-corrected chi connectivity index (χ4v) is 0.959. The van der Waals surface area contributed by atoms with Crippen molar-refractivity contribution in [2.75, 3.05) is 14.2 Å². The molecule has 0 radical (unpaired) electrons. The summed E-state index contributed by atoms with van der Waals surface area (Å²) < 4.78 is 9.20. The highest BCUT2D eigenvalue weighted by molar-refractivity contribution is 6.20. The minimum Gasteiger partial charge on any atom is -0.338 e. The van der Waals surface area contributed by atoms with Crippen LogP contribution in [0.15, 0.2) is 0 Å². The molecule has 0 bridgehead atoms. The van der Waals surface area contributed by atoms with E-state index in [0.29, 0.717) is 0 Å². The standard InChI is InChI=1S/C6H8N2O5/c1-12-6(13-2)3(9)7-5(11)8-4(6)10/h1-2H3,(H2,7,8,9,10,11). The van der Waals surface area contributed by atoms with E-state index in [2.05, 4.69) is 9.47 Å². The second-order valence-corrected chi connectivity index (χ2v) is 2.26. The number of methoxy groups -OCH3 is 2. The quantitative estimate of drug-likeness (QED) is 0.399. The molecule has 0 unspecified atom stereocenters. The highest BCUT2D eigenvalue weighted by Gasteiger charge is 2.52. The predicted molar refractivity (Wildman–Crippen MR) is 38.4 cm³/mol. The van der Waals surface area contributed by atoms with Gasteiger partial charge in [0.05, 0.1) is 0 Å². The maximum absolute atomic E-state index is 11.2. The SMILES string of the molecule is COC1(OC)C(=O)NC(=O)NC1=O. The highest BCUT2D eigenvalue weighted by atomic mass is 16.7. The zero-order chi connectivity index (χ0) is 10.1. The number of hydrogen-bond donors (Lipinski definition) is 2. The number of barbiturate groups is 1. The van der Waals surface area contributed by atoms with Crippen molar-refractivity contribution in [1.29, 1.82) is 0 Å². The van der Waals surface area contributed by atoms with Crippen LogP contribution in [-0.2, 0) is 19.1 Å². The van der Waals surface area contributed by atoms with E-state index >= 15 is 0 Å². The number of amides is 4.